The van der Waals surface area contributed by atoms with Gasteiger partial charge in [0.1, 0.15) is 11.8 Å². The zero-order valence-corrected chi connectivity index (χ0v) is 8.54. The van der Waals surface area contributed by atoms with Crippen molar-refractivity contribution in [3.8, 4) is 5.75 Å². The molecule has 0 saturated carbocycles. The van der Waals surface area contributed by atoms with Crippen LogP contribution in [0.4, 0.5) is 18.9 Å². The monoisotopic (exact) mass is 246 g/mol. The number of halogens is 3. The van der Waals surface area contributed by atoms with Crippen molar-refractivity contribution in [2.45, 2.75) is 12.2 Å². The van der Waals surface area contributed by atoms with E-state index in [1.165, 1.54) is 12.1 Å². The summed E-state index contributed by atoms with van der Waals surface area (Å²) in [6.07, 6.45) is -4.42. The zero-order chi connectivity index (χ0) is 12.6. The molecule has 1 aromatic carbocycles. The first-order valence-electron chi connectivity index (χ1n) is 4.77. The van der Waals surface area contributed by atoms with Crippen LogP contribution in [0.1, 0.15) is 11.6 Å². The molecular weight excluding hydrogens is 237 g/mol. The summed E-state index contributed by atoms with van der Waals surface area (Å²) in [5, 5.41) is 2.40. The van der Waals surface area contributed by atoms with Gasteiger partial charge in [0.05, 0.1) is 5.69 Å². The van der Waals surface area contributed by atoms with Crippen molar-refractivity contribution in [1.82, 2.24) is 0 Å². The predicted octanol–water partition coefficient (Wildman–Crippen LogP) is 1.58. The van der Waals surface area contributed by atoms with E-state index in [4.69, 9.17) is 5.73 Å². The minimum Gasteiger partial charge on any atom is -0.482 e. The summed E-state index contributed by atoms with van der Waals surface area (Å²) < 4.78 is 40.6. The Morgan fingerprint density at radius 2 is 2.12 bits per heavy atom. The number of benzene rings is 1. The van der Waals surface area contributed by atoms with Crippen LogP contribution in [0.3, 0.4) is 0 Å². The number of carbonyl (C=O) groups is 1. The predicted molar refractivity (Wildman–Crippen MR) is 53.6 cm³/mol. The van der Waals surface area contributed by atoms with Crippen LogP contribution in [0.15, 0.2) is 18.2 Å². The van der Waals surface area contributed by atoms with Crippen LogP contribution in [-0.4, -0.2) is 18.7 Å². The fourth-order valence-corrected chi connectivity index (χ4v) is 1.56. The number of para-hydroxylation sites is 1. The number of hydrogen-bond donors (Lipinski definition) is 2. The van der Waals surface area contributed by atoms with Crippen LogP contribution in [0.25, 0.3) is 0 Å². The molecule has 1 unspecified atom stereocenters. The number of hydrogen-bond acceptors (Lipinski definition) is 3. The van der Waals surface area contributed by atoms with Crippen molar-refractivity contribution in [3.05, 3.63) is 23.8 Å². The van der Waals surface area contributed by atoms with E-state index in [0.717, 1.165) is 0 Å². The number of nitrogens with one attached hydrogen (secondary N) is 1. The average molecular weight is 246 g/mol. The highest BCUT2D eigenvalue weighted by molar-refractivity contribution is 6.03. The summed E-state index contributed by atoms with van der Waals surface area (Å²) in [7, 11) is 0. The number of anilines is 1. The van der Waals surface area contributed by atoms with Crippen molar-refractivity contribution in [2.75, 3.05) is 11.9 Å². The van der Waals surface area contributed by atoms with Crippen LogP contribution in [-0.2, 0) is 4.79 Å². The summed E-state index contributed by atoms with van der Waals surface area (Å²) in [4.78, 5) is 11.3. The highest BCUT2D eigenvalue weighted by Crippen LogP contribution is 2.37. The topological polar surface area (TPSA) is 64.4 Å². The normalized spacial score (nSPS) is 18.8. The second-order valence-corrected chi connectivity index (χ2v) is 3.59. The number of nitrogens with two attached hydrogens (primary N) is 1. The van der Waals surface area contributed by atoms with Crippen LogP contribution in [0.2, 0.25) is 0 Å². The summed E-state index contributed by atoms with van der Waals surface area (Å²) >= 11 is 0. The molecule has 17 heavy (non-hydrogen) atoms. The highest BCUT2D eigenvalue weighted by atomic mass is 19.4. The van der Waals surface area contributed by atoms with E-state index < -0.39 is 24.7 Å². The molecule has 1 aliphatic rings. The van der Waals surface area contributed by atoms with E-state index >= 15 is 0 Å². The van der Waals surface area contributed by atoms with Gasteiger partial charge in [0.2, 0.25) is 5.91 Å². The van der Waals surface area contributed by atoms with Crippen molar-refractivity contribution < 1.29 is 22.7 Å². The second kappa shape index (κ2) is 3.92. The lowest BCUT2D eigenvalue weighted by molar-refractivity contribution is -0.153. The zero-order valence-electron chi connectivity index (χ0n) is 8.54. The lowest BCUT2D eigenvalue weighted by atomic mass is 10.1. The molecule has 0 radical (unpaired) electrons. The van der Waals surface area contributed by atoms with Gasteiger partial charge in [0.15, 0.2) is 6.61 Å². The Morgan fingerprint density at radius 1 is 1.41 bits per heavy atom. The van der Waals surface area contributed by atoms with Crippen molar-refractivity contribution in [1.29, 1.82) is 0 Å². The fraction of sp³-hybridized carbons (Fsp3) is 0.300. The lowest BCUT2D eigenvalue weighted by Gasteiger charge is -2.12. The largest absolute Gasteiger partial charge is 0.482 e. The maximum absolute atomic E-state index is 12.0. The fourth-order valence-electron chi connectivity index (χ4n) is 1.56. The van der Waals surface area contributed by atoms with Gasteiger partial charge >= 0.3 is 6.18 Å². The number of carbonyl (C=O) groups excluding carboxylic acids is 1. The molecule has 7 heteroatoms. The highest BCUT2D eigenvalue weighted by Gasteiger charge is 2.32. The third kappa shape index (κ3) is 2.33. The first kappa shape index (κ1) is 11.7. The number of amides is 1. The third-order valence-electron chi connectivity index (χ3n) is 2.32. The molecule has 0 spiro atoms. The van der Waals surface area contributed by atoms with E-state index in [0.29, 0.717) is 5.56 Å². The van der Waals surface area contributed by atoms with Crippen LogP contribution < -0.4 is 15.8 Å². The molecule has 4 nitrogen and oxygen atoms in total. The van der Waals surface area contributed by atoms with Gasteiger partial charge in [-0.15, -0.1) is 0 Å². The van der Waals surface area contributed by atoms with Gasteiger partial charge in [0, 0.05) is 5.56 Å². The molecule has 1 heterocycles. The van der Waals surface area contributed by atoms with E-state index in [1.54, 1.807) is 6.07 Å². The molecule has 1 amide bonds. The smallest absolute Gasteiger partial charge is 0.422 e. The quantitative estimate of drug-likeness (QED) is 0.832. The van der Waals surface area contributed by atoms with E-state index in [1.807, 2.05) is 0 Å². The van der Waals surface area contributed by atoms with Crippen LogP contribution >= 0.6 is 0 Å². The molecule has 3 N–H and O–H groups in total. The molecular formula is C10H9F3N2O2. The van der Waals surface area contributed by atoms with Gasteiger partial charge in [0.25, 0.3) is 0 Å². The molecule has 1 aromatic rings. The molecule has 2 rings (SSSR count). The maximum atomic E-state index is 12.0. The van der Waals surface area contributed by atoms with Crippen LogP contribution in [0, 0.1) is 0 Å². The summed E-state index contributed by atoms with van der Waals surface area (Å²) in [6, 6.07) is 3.55. The SMILES string of the molecule is NC1C(=O)Nc2c(OCC(F)(F)F)cccc21. The molecule has 0 saturated heterocycles. The lowest BCUT2D eigenvalue weighted by Crippen LogP contribution is -2.20. The molecule has 0 aliphatic carbocycles. The summed E-state index contributed by atoms with van der Waals surface area (Å²) in [6.45, 7) is -1.41. The Bertz CT molecular complexity index is 459. The first-order chi connectivity index (χ1) is 7.88. The number of fused-ring (bicyclic) bond motifs is 1. The van der Waals surface area contributed by atoms with Gasteiger partial charge < -0.3 is 15.8 Å². The first-order valence-corrected chi connectivity index (χ1v) is 4.77. The van der Waals surface area contributed by atoms with Gasteiger partial charge in [-0.3, -0.25) is 4.79 Å². The standard InChI is InChI=1S/C10H9F3N2O2/c11-10(12,13)4-17-6-3-1-2-5-7(14)9(16)15-8(5)6/h1-3,7H,4,14H2,(H,15,16). The molecule has 0 aromatic heterocycles. The van der Waals surface area contributed by atoms with Crippen molar-refractivity contribution in [2.24, 2.45) is 5.73 Å². The van der Waals surface area contributed by atoms with Gasteiger partial charge in [-0.05, 0) is 6.07 Å². The minimum atomic E-state index is -4.42. The second-order valence-electron chi connectivity index (χ2n) is 3.59. The molecule has 0 fully saturated rings. The van der Waals surface area contributed by atoms with Gasteiger partial charge in [-0.2, -0.15) is 13.2 Å². The Morgan fingerprint density at radius 3 is 2.76 bits per heavy atom. The van der Waals surface area contributed by atoms with Gasteiger partial charge in [-0.1, -0.05) is 12.1 Å². The molecule has 1 aliphatic heterocycles. The van der Waals surface area contributed by atoms with Crippen LogP contribution in [0.5, 0.6) is 5.75 Å². The Balaban J connectivity index is 2.24. The van der Waals surface area contributed by atoms with Crippen molar-refractivity contribution in [3.63, 3.8) is 0 Å². The van der Waals surface area contributed by atoms with Gasteiger partial charge in [-0.25, -0.2) is 0 Å². The maximum Gasteiger partial charge on any atom is 0.422 e. The Hall–Kier alpha value is -1.76. The Labute approximate surface area is 94.5 Å². The minimum absolute atomic E-state index is 0.0267. The van der Waals surface area contributed by atoms with E-state index in [2.05, 4.69) is 10.1 Å². The van der Waals surface area contributed by atoms with E-state index in [-0.39, 0.29) is 11.4 Å². The van der Waals surface area contributed by atoms with E-state index in [9.17, 15) is 18.0 Å². The molecule has 0 bridgehead atoms. The molecule has 1 atom stereocenters. The average Bonchev–Trinajstić information content (AvgIpc) is 2.52. The third-order valence-corrected chi connectivity index (χ3v) is 2.32. The summed E-state index contributed by atoms with van der Waals surface area (Å²) in [5.41, 5.74) is 6.21. The number of rotatable bonds is 2. The Kier molecular flexibility index (Phi) is 2.70. The number of ether oxygens (including phenoxy) is 1. The van der Waals surface area contributed by atoms with Crippen molar-refractivity contribution >= 4 is 11.6 Å². The summed E-state index contributed by atoms with van der Waals surface area (Å²) in [5.74, 6) is -0.482. The number of alkyl halides is 3. The molecule has 92 valence electrons.